The van der Waals surface area contributed by atoms with Crippen LogP contribution in [0.3, 0.4) is 0 Å². The van der Waals surface area contributed by atoms with E-state index in [1.807, 2.05) is 0 Å². The summed E-state index contributed by atoms with van der Waals surface area (Å²) >= 11 is 6.02. The summed E-state index contributed by atoms with van der Waals surface area (Å²) in [4.78, 5) is 32.6. The molecule has 2 aromatic rings. The molecule has 0 spiro atoms. The molecule has 2 heterocycles. The molecule has 154 valence electrons. The van der Waals surface area contributed by atoms with E-state index in [-0.39, 0.29) is 34.9 Å². The number of rotatable bonds is 9. The molecule has 1 amide bonds. The quantitative estimate of drug-likeness (QED) is 0.663. The van der Waals surface area contributed by atoms with Crippen LogP contribution in [0.1, 0.15) is 47.4 Å². The lowest BCUT2D eigenvalue weighted by molar-refractivity contribution is -0.119. The first-order valence-electron chi connectivity index (χ1n) is 9.18. The topological polar surface area (TPSA) is 81.2 Å². The van der Waals surface area contributed by atoms with Gasteiger partial charge in [-0.15, -0.1) is 0 Å². The molecule has 0 aliphatic heterocycles. The Hall–Kier alpha value is -2.61. The molecular weight excluding hydrogens is 404 g/mol. The number of nitrogens with one attached hydrogen (secondary N) is 1. The van der Waals surface area contributed by atoms with Gasteiger partial charge in [0.1, 0.15) is 10.8 Å². The van der Waals surface area contributed by atoms with Crippen molar-refractivity contribution in [3.63, 3.8) is 0 Å². The van der Waals surface area contributed by atoms with Gasteiger partial charge in [0.05, 0.1) is 6.04 Å². The standard InChI is InChI=1S/C20H20ClF2N3O3/c1-11(14-7-16(21)20(25-9-14)29-10-18(22)23)26-19(28)13-4-5-24-15(6-13)8-17(27)12-2-3-12/h4-7,9,11-12,18H,2-3,8,10H2,1H3,(H,26,28). The van der Waals surface area contributed by atoms with Gasteiger partial charge in [0.2, 0.25) is 5.88 Å². The van der Waals surface area contributed by atoms with Crippen molar-refractivity contribution in [2.45, 2.75) is 38.7 Å². The van der Waals surface area contributed by atoms with Gasteiger partial charge in [-0.05, 0) is 43.5 Å². The maximum Gasteiger partial charge on any atom is 0.272 e. The number of ether oxygens (including phenoxy) is 1. The van der Waals surface area contributed by atoms with E-state index in [1.165, 1.54) is 18.5 Å². The summed E-state index contributed by atoms with van der Waals surface area (Å²) in [7, 11) is 0. The fourth-order valence-electron chi connectivity index (χ4n) is 2.73. The van der Waals surface area contributed by atoms with Gasteiger partial charge >= 0.3 is 0 Å². The summed E-state index contributed by atoms with van der Waals surface area (Å²) in [6, 6.07) is 4.24. The van der Waals surface area contributed by atoms with E-state index in [2.05, 4.69) is 15.3 Å². The Morgan fingerprint density at radius 3 is 2.72 bits per heavy atom. The number of carbonyl (C=O) groups excluding carboxylic acids is 2. The van der Waals surface area contributed by atoms with Gasteiger partial charge in [0, 0.05) is 36.0 Å². The minimum atomic E-state index is -2.63. The van der Waals surface area contributed by atoms with E-state index in [9.17, 15) is 18.4 Å². The largest absolute Gasteiger partial charge is 0.471 e. The first kappa shape index (κ1) is 21.1. The van der Waals surface area contributed by atoms with Gasteiger partial charge in [0.25, 0.3) is 12.3 Å². The van der Waals surface area contributed by atoms with Crippen molar-refractivity contribution in [1.82, 2.24) is 15.3 Å². The Balaban J connectivity index is 1.62. The SMILES string of the molecule is CC(NC(=O)c1ccnc(CC(=O)C2CC2)c1)c1cnc(OCC(F)F)c(Cl)c1. The monoisotopic (exact) mass is 423 g/mol. The highest BCUT2D eigenvalue weighted by Gasteiger charge is 2.29. The van der Waals surface area contributed by atoms with Crippen LogP contribution in [0.5, 0.6) is 5.88 Å². The fraction of sp³-hybridized carbons (Fsp3) is 0.400. The molecule has 1 saturated carbocycles. The molecule has 0 aromatic carbocycles. The summed E-state index contributed by atoms with van der Waals surface area (Å²) in [5, 5.41) is 2.89. The molecule has 6 nitrogen and oxygen atoms in total. The van der Waals surface area contributed by atoms with Crippen LogP contribution >= 0.6 is 11.6 Å². The number of hydrogen-bond acceptors (Lipinski definition) is 5. The van der Waals surface area contributed by atoms with Crippen LogP contribution in [0.15, 0.2) is 30.6 Å². The first-order chi connectivity index (χ1) is 13.8. The van der Waals surface area contributed by atoms with Gasteiger partial charge in [-0.2, -0.15) is 0 Å². The molecule has 1 N–H and O–H groups in total. The average molecular weight is 424 g/mol. The van der Waals surface area contributed by atoms with Gasteiger partial charge in [-0.1, -0.05) is 11.6 Å². The third-order valence-electron chi connectivity index (χ3n) is 4.49. The smallest absolute Gasteiger partial charge is 0.272 e. The number of halogens is 3. The Morgan fingerprint density at radius 1 is 1.31 bits per heavy atom. The van der Waals surface area contributed by atoms with Gasteiger partial charge < -0.3 is 10.1 Å². The average Bonchev–Trinajstić information content (AvgIpc) is 3.52. The molecule has 1 aliphatic rings. The normalized spacial score (nSPS) is 14.5. The molecule has 1 aliphatic carbocycles. The van der Waals surface area contributed by atoms with E-state index in [0.717, 1.165) is 12.8 Å². The van der Waals surface area contributed by atoms with Gasteiger partial charge in [-0.25, -0.2) is 13.8 Å². The van der Waals surface area contributed by atoms with Crippen molar-refractivity contribution in [3.05, 3.63) is 52.4 Å². The zero-order valence-electron chi connectivity index (χ0n) is 15.7. The van der Waals surface area contributed by atoms with Crippen molar-refractivity contribution >= 4 is 23.3 Å². The zero-order valence-corrected chi connectivity index (χ0v) is 16.5. The predicted molar refractivity (Wildman–Crippen MR) is 102 cm³/mol. The molecule has 0 saturated heterocycles. The Morgan fingerprint density at radius 2 is 2.07 bits per heavy atom. The maximum absolute atomic E-state index is 12.6. The highest BCUT2D eigenvalue weighted by molar-refractivity contribution is 6.31. The minimum absolute atomic E-state index is 0.0778. The fourth-order valence-corrected chi connectivity index (χ4v) is 2.96. The Bertz CT molecular complexity index is 906. The van der Waals surface area contributed by atoms with Crippen LogP contribution in [-0.2, 0) is 11.2 Å². The number of Topliss-reactive ketones (excluding diaryl/α,β-unsaturated/α-hetero) is 1. The predicted octanol–water partition coefficient (Wildman–Crippen LogP) is 3.79. The van der Waals surface area contributed by atoms with Crippen LogP contribution in [0.2, 0.25) is 5.02 Å². The highest BCUT2D eigenvalue weighted by atomic mass is 35.5. The van der Waals surface area contributed by atoms with E-state index < -0.39 is 19.1 Å². The molecule has 0 radical (unpaired) electrons. The number of pyridine rings is 2. The molecule has 9 heteroatoms. The van der Waals surface area contributed by atoms with E-state index in [4.69, 9.17) is 16.3 Å². The highest BCUT2D eigenvalue weighted by Crippen LogP contribution is 2.30. The number of ketones is 1. The van der Waals surface area contributed by atoms with E-state index in [1.54, 1.807) is 19.1 Å². The van der Waals surface area contributed by atoms with Crippen molar-refractivity contribution in [3.8, 4) is 5.88 Å². The number of nitrogens with zero attached hydrogens (tertiary/aromatic N) is 2. The van der Waals surface area contributed by atoms with Crippen LogP contribution in [0.4, 0.5) is 8.78 Å². The molecule has 29 heavy (non-hydrogen) atoms. The number of aromatic nitrogens is 2. The minimum Gasteiger partial charge on any atom is -0.471 e. The van der Waals surface area contributed by atoms with Gasteiger partial charge in [0.15, 0.2) is 6.61 Å². The van der Waals surface area contributed by atoms with Crippen LogP contribution in [0, 0.1) is 5.92 Å². The van der Waals surface area contributed by atoms with Crippen LogP contribution in [0.25, 0.3) is 0 Å². The zero-order chi connectivity index (χ0) is 21.0. The van der Waals surface area contributed by atoms with Crippen molar-refractivity contribution in [2.75, 3.05) is 6.61 Å². The third-order valence-corrected chi connectivity index (χ3v) is 4.76. The second-order valence-electron chi connectivity index (χ2n) is 6.91. The summed E-state index contributed by atoms with van der Waals surface area (Å²) in [5.74, 6) is -0.139. The lowest BCUT2D eigenvalue weighted by atomic mass is 10.1. The Kier molecular flexibility index (Phi) is 6.74. The molecule has 2 aromatic heterocycles. The number of amides is 1. The summed E-state index contributed by atoms with van der Waals surface area (Å²) < 4.78 is 29.3. The second kappa shape index (κ2) is 9.26. The maximum atomic E-state index is 12.6. The molecule has 1 atom stereocenters. The Labute approximate surface area is 171 Å². The molecule has 0 bridgehead atoms. The summed E-state index contributed by atoms with van der Waals surface area (Å²) in [6.45, 7) is 0.940. The third kappa shape index (κ3) is 5.93. The van der Waals surface area contributed by atoms with Crippen molar-refractivity contribution < 1.29 is 23.1 Å². The lowest BCUT2D eigenvalue weighted by Gasteiger charge is -2.15. The molecule has 1 unspecified atom stereocenters. The van der Waals surface area contributed by atoms with E-state index >= 15 is 0 Å². The first-order valence-corrected chi connectivity index (χ1v) is 9.56. The second-order valence-corrected chi connectivity index (χ2v) is 7.31. The van der Waals surface area contributed by atoms with E-state index in [0.29, 0.717) is 16.8 Å². The number of carbonyl (C=O) groups is 2. The van der Waals surface area contributed by atoms with Crippen molar-refractivity contribution in [2.24, 2.45) is 5.92 Å². The molecular formula is C20H20ClF2N3O3. The van der Waals surface area contributed by atoms with Crippen LogP contribution < -0.4 is 10.1 Å². The number of hydrogen-bond donors (Lipinski definition) is 1. The molecule has 3 rings (SSSR count). The summed E-state index contributed by atoms with van der Waals surface area (Å²) in [5.41, 5.74) is 1.54. The summed E-state index contributed by atoms with van der Waals surface area (Å²) in [6.07, 6.45) is 2.36. The van der Waals surface area contributed by atoms with Gasteiger partial charge in [-0.3, -0.25) is 14.6 Å². The lowest BCUT2D eigenvalue weighted by Crippen LogP contribution is -2.27. The van der Waals surface area contributed by atoms with Crippen LogP contribution in [-0.4, -0.2) is 34.7 Å². The number of alkyl halides is 2. The molecule has 1 fully saturated rings. The van der Waals surface area contributed by atoms with Crippen molar-refractivity contribution in [1.29, 1.82) is 0 Å².